The number of carbonyl (C=O) groups excluding carboxylic acids is 2. The average molecular weight is 184 g/mol. The maximum Gasteiger partial charge on any atom is 0.247 e. The molecule has 0 radical (unpaired) electrons. The highest BCUT2D eigenvalue weighted by atomic mass is 16.2. The lowest BCUT2D eigenvalue weighted by atomic mass is 10.0. The van der Waals surface area contributed by atoms with Crippen molar-refractivity contribution >= 4 is 11.8 Å². The Hall–Kier alpha value is -1.56. The predicted molar refractivity (Wildman–Crippen MR) is 45.5 cm³/mol. The number of nitrogens with two attached hydrogens (primary N) is 1. The van der Waals surface area contributed by atoms with E-state index in [1.54, 1.807) is 0 Å². The van der Waals surface area contributed by atoms with E-state index >= 15 is 0 Å². The van der Waals surface area contributed by atoms with Crippen molar-refractivity contribution in [2.45, 2.75) is 12.8 Å². The Bertz CT molecular complexity index is 235. The smallest absolute Gasteiger partial charge is 0.247 e. The van der Waals surface area contributed by atoms with Crippen LogP contribution in [0, 0.1) is 5.92 Å². The average Bonchev–Trinajstić information content (AvgIpc) is 2.43. The zero-order valence-electron chi connectivity index (χ0n) is 7.09. The van der Waals surface area contributed by atoms with E-state index in [0.717, 1.165) is 0 Å². The van der Waals surface area contributed by atoms with Crippen molar-refractivity contribution in [3.8, 4) is 0 Å². The van der Waals surface area contributed by atoms with Crippen LogP contribution in [0.5, 0.6) is 0 Å². The Morgan fingerprint density at radius 2 is 2.31 bits per heavy atom. The van der Waals surface area contributed by atoms with Gasteiger partial charge in [-0.25, -0.2) is 5.84 Å². The van der Waals surface area contributed by atoms with Crippen molar-refractivity contribution in [2.75, 3.05) is 0 Å². The van der Waals surface area contributed by atoms with Crippen LogP contribution in [0.1, 0.15) is 12.8 Å². The van der Waals surface area contributed by atoms with Gasteiger partial charge in [0.2, 0.25) is 11.8 Å². The lowest BCUT2D eigenvalue weighted by molar-refractivity contribution is -0.123. The van der Waals surface area contributed by atoms with Crippen molar-refractivity contribution in [1.29, 1.82) is 0 Å². The van der Waals surface area contributed by atoms with Gasteiger partial charge in [0.1, 0.15) is 0 Å². The molecule has 2 amide bonds. The molecule has 0 bridgehead atoms. The standard InChI is InChI=1S/C7H12N4O2/c1-4-5(7(13)11-10-4)2-3-6(12)9-8/h5,10H,1-3,8H2,(H,9,12)(H,11,13). The number of amides is 2. The molecule has 0 spiro atoms. The van der Waals surface area contributed by atoms with Crippen LogP contribution in [0.25, 0.3) is 0 Å². The second kappa shape index (κ2) is 3.90. The van der Waals surface area contributed by atoms with Crippen LogP contribution in [0.4, 0.5) is 0 Å². The summed E-state index contributed by atoms with van der Waals surface area (Å²) < 4.78 is 0. The van der Waals surface area contributed by atoms with Crippen LogP contribution in [0.15, 0.2) is 12.3 Å². The summed E-state index contributed by atoms with van der Waals surface area (Å²) in [6, 6.07) is 0. The van der Waals surface area contributed by atoms with E-state index < -0.39 is 0 Å². The van der Waals surface area contributed by atoms with E-state index in [0.29, 0.717) is 12.1 Å². The van der Waals surface area contributed by atoms with Gasteiger partial charge in [-0.05, 0) is 6.42 Å². The normalized spacial score (nSPS) is 20.8. The first kappa shape index (κ1) is 9.53. The fraction of sp³-hybridized carbons (Fsp3) is 0.429. The summed E-state index contributed by atoms with van der Waals surface area (Å²) >= 11 is 0. The summed E-state index contributed by atoms with van der Waals surface area (Å²) in [6.07, 6.45) is 0.635. The van der Waals surface area contributed by atoms with E-state index in [9.17, 15) is 9.59 Å². The molecule has 1 aliphatic heterocycles. The molecule has 1 atom stereocenters. The molecule has 5 N–H and O–H groups in total. The minimum Gasteiger partial charge on any atom is -0.303 e. The van der Waals surface area contributed by atoms with Crippen molar-refractivity contribution in [2.24, 2.45) is 11.8 Å². The van der Waals surface area contributed by atoms with Crippen LogP contribution in [-0.2, 0) is 9.59 Å². The molecule has 6 nitrogen and oxygen atoms in total. The van der Waals surface area contributed by atoms with Gasteiger partial charge in [0.25, 0.3) is 0 Å². The van der Waals surface area contributed by atoms with Crippen LogP contribution in [0.2, 0.25) is 0 Å². The van der Waals surface area contributed by atoms with Crippen molar-refractivity contribution in [3.05, 3.63) is 12.3 Å². The van der Waals surface area contributed by atoms with Gasteiger partial charge in [0.05, 0.1) is 5.92 Å². The molecule has 0 aromatic heterocycles. The van der Waals surface area contributed by atoms with E-state index in [2.05, 4.69) is 17.4 Å². The molecule has 72 valence electrons. The largest absolute Gasteiger partial charge is 0.303 e. The second-order valence-electron chi connectivity index (χ2n) is 2.80. The maximum atomic E-state index is 11.1. The van der Waals surface area contributed by atoms with Gasteiger partial charge in [-0.3, -0.25) is 20.4 Å². The molecule has 6 heteroatoms. The fourth-order valence-corrected chi connectivity index (χ4v) is 1.13. The lowest BCUT2D eigenvalue weighted by Gasteiger charge is -2.05. The zero-order chi connectivity index (χ0) is 9.84. The van der Waals surface area contributed by atoms with Gasteiger partial charge >= 0.3 is 0 Å². The Kier molecular flexibility index (Phi) is 2.86. The first-order chi connectivity index (χ1) is 6.15. The van der Waals surface area contributed by atoms with E-state index in [4.69, 9.17) is 5.84 Å². The fourth-order valence-electron chi connectivity index (χ4n) is 1.13. The van der Waals surface area contributed by atoms with Gasteiger partial charge in [0, 0.05) is 12.1 Å². The second-order valence-corrected chi connectivity index (χ2v) is 2.80. The first-order valence-electron chi connectivity index (χ1n) is 3.89. The number of hydrogen-bond donors (Lipinski definition) is 4. The summed E-state index contributed by atoms with van der Waals surface area (Å²) in [7, 11) is 0. The van der Waals surface area contributed by atoms with Gasteiger partial charge in [-0.15, -0.1) is 0 Å². The van der Waals surface area contributed by atoms with Crippen LogP contribution in [-0.4, -0.2) is 11.8 Å². The van der Waals surface area contributed by atoms with Gasteiger partial charge in [-0.1, -0.05) is 6.58 Å². The lowest BCUT2D eigenvalue weighted by Crippen LogP contribution is -2.30. The van der Waals surface area contributed by atoms with Crippen LogP contribution < -0.4 is 22.1 Å². The van der Waals surface area contributed by atoms with Gasteiger partial charge < -0.3 is 5.43 Å². The summed E-state index contributed by atoms with van der Waals surface area (Å²) in [4.78, 5) is 21.9. The topological polar surface area (TPSA) is 96.2 Å². The molecule has 13 heavy (non-hydrogen) atoms. The van der Waals surface area contributed by atoms with Crippen LogP contribution >= 0.6 is 0 Å². The molecule has 0 aromatic rings. The predicted octanol–water partition coefficient (Wildman–Crippen LogP) is -1.48. The number of hydrazine groups is 2. The first-order valence-corrected chi connectivity index (χ1v) is 3.89. The summed E-state index contributed by atoms with van der Waals surface area (Å²) in [5.74, 6) is 4.11. The SMILES string of the molecule is C=C1NNC(=O)C1CCC(=O)NN. The third-order valence-electron chi connectivity index (χ3n) is 1.90. The molecule has 1 heterocycles. The number of nitrogens with one attached hydrogen (secondary N) is 3. The summed E-state index contributed by atoms with van der Waals surface area (Å²) in [5, 5.41) is 0. The zero-order valence-corrected chi connectivity index (χ0v) is 7.09. The molecule has 1 unspecified atom stereocenters. The van der Waals surface area contributed by atoms with Crippen molar-refractivity contribution < 1.29 is 9.59 Å². The van der Waals surface area contributed by atoms with Crippen LogP contribution in [0.3, 0.4) is 0 Å². The Labute approximate surface area is 75.5 Å². The highest BCUT2D eigenvalue weighted by Gasteiger charge is 2.27. The van der Waals surface area contributed by atoms with E-state index in [1.165, 1.54) is 0 Å². The van der Waals surface area contributed by atoms with E-state index in [1.807, 2.05) is 5.43 Å². The molecule has 1 fully saturated rings. The number of rotatable bonds is 3. The molecule has 0 saturated carbocycles. The molecule has 0 aliphatic carbocycles. The quantitative estimate of drug-likeness (QED) is 0.244. The number of carbonyl (C=O) groups is 2. The van der Waals surface area contributed by atoms with Gasteiger partial charge in [-0.2, -0.15) is 0 Å². The molecule has 1 rings (SSSR count). The Morgan fingerprint density at radius 1 is 1.62 bits per heavy atom. The molecule has 1 aliphatic rings. The maximum absolute atomic E-state index is 11.1. The molecule has 0 aromatic carbocycles. The highest BCUT2D eigenvalue weighted by molar-refractivity contribution is 5.84. The third kappa shape index (κ3) is 2.19. The number of hydrogen-bond acceptors (Lipinski definition) is 4. The Morgan fingerprint density at radius 3 is 2.77 bits per heavy atom. The summed E-state index contributed by atoms with van der Waals surface area (Å²) in [5.41, 5.74) is 7.60. The van der Waals surface area contributed by atoms with Crippen molar-refractivity contribution in [3.63, 3.8) is 0 Å². The summed E-state index contributed by atoms with van der Waals surface area (Å²) in [6.45, 7) is 3.63. The monoisotopic (exact) mass is 184 g/mol. The highest BCUT2D eigenvalue weighted by Crippen LogP contribution is 2.16. The minimum atomic E-state index is -0.336. The minimum absolute atomic E-state index is 0.158. The third-order valence-corrected chi connectivity index (χ3v) is 1.90. The molecular weight excluding hydrogens is 172 g/mol. The van der Waals surface area contributed by atoms with Crippen molar-refractivity contribution in [1.82, 2.24) is 16.3 Å². The molecule has 1 saturated heterocycles. The van der Waals surface area contributed by atoms with Gasteiger partial charge in [0.15, 0.2) is 0 Å². The Balaban J connectivity index is 2.40. The van der Waals surface area contributed by atoms with E-state index in [-0.39, 0.29) is 24.2 Å². The molecular formula is C7H12N4O2.